The number of aryl methyl sites for hydroxylation is 2. The fourth-order valence-electron chi connectivity index (χ4n) is 2.55. The second-order valence-electron chi connectivity index (χ2n) is 6.19. The van der Waals surface area contributed by atoms with E-state index in [1.54, 1.807) is 17.5 Å². The third kappa shape index (κ3) is 6.89. The van der Waals surface area contributed by atoms with E-state index in [1.165, 1.54) is 4.88 Å². The van der Waals surface area contributed by atoms with Crippen LogP contribution < -0.4 is 10.6 Å². The molecule has 0 bridgehead atoms. The summed E-state index contributed by atoms with van der Waals surface area (Å²) in [6.45, 7) is 4.97. The highest BCUT2D eigenvalue weighted by Gasteiger charge is 2.05. The summed E-state index contributed by atoms with van der Waals surface area (Å²) in [6.07, 6.45) is 5.73. The van der Waals surface area contributed by atoms with Crippen molar-refractivity contribution >= 4 is 41.3 Å². The van der Waals surface area contributed by atoms with E-state index in [2.05, 4.69) is 48.4 Å². The summed E-state index contributed by atoms with van der Waals surface area (Å²) in [6, 6.07) is 6.18. The molecule has 0 radical (unpaired) electrons. The van der Waals surface area contributed by atoms with Crippen molar-refractivity contribution in [2.75, 3.05) is 13.1 Å². The van der Waals surface area contributed by atoms with Gasteiger partial charge >= 0.3 is 0 Å². The Hall–Kier alpha value is -1.95. The first kappa shape index (κ1) is 22.3. The van der Waals surface area contributed by atoms with Crippen molar-refractivity contribution in [3.05, 3.63) is 52.5 Å². The Morgan fingerprint density at radius 1 is 1.21 bits per heavy atom. The minimum Gasteiger partial charge on any atom is -0.356 e. The van der Waals surface area contributed by atoms with Gasteiger partial charge < -0.3 is 15.2 Å². The molecule has 0 unspecified atom stereocenters. The Balaban J connectivity index is 0.00000280. The van der Waals surface area contributed by atoms with Crippen LogP contribution in [0.25, 0.3) is 0 Å². The second kappa shape index (κ2) is 11.8. The number of hydrogen-bond donors (Lipinski definition) is 2. The SMILES string of the molecule is Cc1nnc(CN=C(NCCCn2cccn2)NCCc2cccs2)n1C.I. The molecule has 0 aliphatic rings. The Labute approximate surface area is 186 Å². The Morgan fingerprint density at radius 2 is 2.07 bits per heavy atom. The van der Waals surface area contributed by atoms with Gasteiger partial charge in [0.15, 0.2) is 11.8 Å². The van der Waals surface area contributed by atoms with Crippen LogP contribution in [0.2, 0.25) is 0 Å². The average molecular weight is 514 g/mol. The van der Waals surface area contributed by atoms with E-state index >= 15 is 0 Å². The predicted octanol–water partition coefficient (Wildman–Crippen LogP) is 2.37. The number of hydrogen-bond acceptors (Lipinski definition) is 5. The van der Waals surface area contributed by atoms with Crippen LogP contribution in [-0.4, -0.2) is 43.6 Å². The largest absolute Gasteiger partial charge is 0.356 e. The maximum atomic E-state index is 4.67. The van der Waals surface area contributed by atoms with E-state index in [1.807, 2.05) is 35.5 Å². The molecule has 0 fully saturated rings. The van der Waals surface area contributed by atoms with Gasteiger partial charge in [0, 0.05) is 44.0 Å². The highest BCUT2D eigenvalue weighted by molar-refractivity contribution is 14.0. The lowest BCUT2D eigenvalue weighted by Crippen LogP contribution is -2.39. The van der Waals surface area contributed by atoms with Gasteiger partial charge in [-0.1, -0.05) is 6.07 Å². The summed E-state index contributed by atoms with van der Waals surface area (Å²) in [5.74, 6) is 2.54. The van der Waals surface area contributed by atoms with Gasteiger partial charge in [-0.25, -0.2) is 4.99 Å². The first-order valence-corrected chi connectivity index (χ1v) is 9.97. The van der Waals surface area contributed by atoms with Crippen LogP contribution in [-0.2, 0) is 26.6 Å². The van der Waals surface area contributed by atoms with Gasteiger partial charge in [-0.15, -0.1) is 45.5 Å². The van der Waals surface area contributed by atoms with Gasteiger partial charge in [0.1, 0.15) is 12.4 Å². The number of rotatable bonds is 9. The second-order valence-corrected chi connectivity index (χ2v) is 7.23. The van der Waals surface area contributed by atoms with Crippen molar-refractivity contribution in [3.8, 4) is 0 Å². The molecular formula is C18H27IN8S. The molecule has 0 aliphatic heterocycles. The summed E-state index contributed by atoms with van der Waals surface area (Å²) in [5.41, 5.74) is 0. The molecule has 3 aromatic rings. The smallest absolute Gasteiger partial charge is 0.191 e. The van der Waals surface area contributed by atoms with Crippen LogP contribution in [0.3, 0.4) is 0 Å². The van der Waals surface area contributed by atoms with E-state index in [-0.39, 0.29) is 24.0 Å². The summed E-state index contributed by atoms with van der Waals surface area (Å²) >= 11 is 1.78. The molecule has 28 heavy (non-hydrogen) atoms. The molecule has 3 heterocycles. The van der Waals surface area contributed by atoms with E-state index in [4.69, 9.17) is 0 Å². The monoisotopic (exact) mass is 514 g/mol. The van der Waals surface area contributed by atoms with Crippen molar-refractivity contribution in [1.82, 2.24) is 35.2 Å². The van der Waals surface area contributed by atoms with E-state index in [0.717, 1.165) is 50.1 Å². The summed E-state index contributed by atoms with van der Waals surface area (Å²) in [7, 11) is 1.96. The molecule has 10 heteroatoms. The van der Waals surface area contributed by atoms with Gasteiger partial charge in [-0.2, -0.15) is 5.10 Å². The minimum atomic E-state index is 0. The third-order valence-electron chi connectivity index (χ3n) is 4.22. The van der Waals surface area contributed by atoms with Crippen LogP contribution in [0, 0.1) is 6.92 Å². The quantitative estimate of drug-likeness (QED) is 0.198. The van der Waals surface area contributed by atoms with E-state index in [9.17, 15) is 0 Å². The molecule has 3 rings (SSSR count). The number of nitrogens with zero attached hydrogens (tertiary/aromatic N) is 6. The number of thiophene rings is 1. The lowest BCUT2D eigenvalue weighted by Gasteiger charge is -2.12. The fourth-order valence-corrected chi connectivity index (χ4v) is 3.26. The highest BCUT2D eigenvalue weighted by Crippen LogP contribution is 2.08. The van der Waals surface area contributed by atoms with Crippen molar-refractivity contribution in [1.29, 1.82) is 0 Å². The van der Waals surface area contributed by atoms with Gasteiger partial charge in [0.25, 0.3) is 0 Å². The molecular weight excluding hydrogens is 487 g/mol. The Morgan fingerprint density at radius 3 is 2.75 bits per heavy atom. The number of guanidine groups is 1. The molecule has 8 nitrogen and oxygen atoms in total. The molecule has 0 saturated carbocycles. The van der Waals surface area contributed by atoms with Crippen LogP contribution in [0.1, 0.15) is 22.9 Å². The molecule has 3 aromatic heterocycles. The van der Waals surface area contributed by atoms with Gasteiger partial charge in [-0.3, -0.25) is 4.68 Å². The molecule has 152 valence electrons. The third-order valence-corrected chi connectivity index (χ3v) is 5.16. The molecule has 0 atom stereocenters. The average Bonchev–Trinajstić information content (AvgIpc) is 3.42. The Kier molecular flexibility index (Phi) is 9.41. The van der Waals surface area contributed by atoms with Crippen molar-refractivity contribution in [2.45, 2.75) is 32.9 Å². The van der Waals surface area contributed by atoms with Crippen molar-refractivity contribution < 1.29 is 0 Å². The standard InChI is InChI=1S/C18H26N8S.HI/c1-15-23-24-17(25(15)2)14-21-18(20-10-7-16-6-3-13-27-16)19-8-4-11-26-12-5-9-22-26;/h3,5-6,9,12-13H,4,7-8,10-11,14H2,1-2H3,(H2,19,20,21);1H. The van der Waals surface area contributed by atoms with Gasteiger partial charge in [0.2, 0.25) is 0 Å². The zero-order valence-corrected chi connectivity index (χ0v) is 19.4. The number of halogens is 1. The normalized spacial score (nSPS) is 11.3. The number of aromatic nitrogens is 5. The lowest BCUT2D eigenvalue weighted by molar-refractivity contribution is 0.570. The fraction of sp³-hybridized carbons (Fsp3) is 0.444. The maximum absolute atomic E-state index is 4.67. The molecule has 0 amide bonds. The van der Waals surface area contributed by atoms with Gasteiger partial charge in [0.05, 0.1) is 0 Å². The minimum absolute atomic E-state index is 0. The molecule has 0 spiro atoms. The first-order valence-electron chi connectivity index (χ1n) is 9.09. The van der Waals surface area contributed by atoms with Crippen LogP contribution >= 0.6 is 35.3 Å². The zero-order valence-electron chi connectivity index (χ0n) is 16.2. The highest BCUT2D eigenvalue weighted by atomic mass is 127. The van der Waals surface area contributed by atoms with E-state index < -0.39 is 0 Å². The summed E-state index contributed by atoms with van der Waals surface area (Å²) in [5, 5.41) is 21.4. The van der Waals surface area contributed by atoms with Gasteiger partial charge in [-0.05, 0) is 37.3 Å². The summed E-state index contributed by atoms with van der Waals surface area (Å²) in [4.78, 5) is 6.04. The van der Waals surface area contributed by atoms with Crippen molar-refractivity contribution in [2.24, 2.45) is 12.0 Å². The lowest BCUT2D eigenvalue weighted by atomic mass is 10.3. The molecule has 0 aliphatic carbocycles. The van der Waals surface area contributed by atoms with Crippen LogP contribution in [0.5, 0.6) is 0 Å². The molecule has 2 N–H and O–H groups in total. The number of nitrogens with one attached hydrogen (secondary N) is 2. The van der Waals surface area contributed by atoms with Crippen molar-refractivity contribution in [3.63, 3.8) is 0 Å². The Bertz CT molecular complexity index is 826. The predicted molar refractivity (Wildman–Crippen MR) is 123 cm³/mol. The topological polar surface area (TPSA) is 85.0 Å². The molecule has 0 saturated heterocycles. The maximum Gasteiger partial charge on any atom is 0.191 e. The van der Waals surface area contributed by atoms with Crippen LogP contribution in [0.4, 0.5) is 0 Å². The summed E-state index contributed by atoms with van der Waals surface area (Å²) < 4.78 is 3.90. The zero-order chi connectivity index (χ0) is 18.9. The van der Waals surface area contributed by atoms with Crippen LogP contribution in [0.15, 0.2) is 41.0 Å². The van der Waals surface area contributed by atoms with E-state index in [0.29, 0.717) is 6.54 Å². The number of aliphatic imine (C=N–C) groups is 1. The molecule has 0 aromatic carbocycles. The first-order chi connectivity index (χ1) is 13.2.